The van der Waals surface area contributed by atoms with E-state index in [4.69, 9.17) is 32.7 Å². The molecule has 0 aromatic heterocycles. The molecule has 0 spiro atoms. The molecule has 0 aliphatic carbocycles. The Kier molecular flexibility index (Phi) is 12.9. The first-order valence-corrected chi connectivity index (χ1v) is 14.6. The van der Waals surface area contributed by atoms with Gasteiger partial charge in [0.15, 0.2) is 10.5 Å². The second kappa shape index (κ2) is 14.3. The highest BCUT2D eigenvalue weighted by atomic mass is 79.9. The fourth-order valence-corrected chi connectivity index (χ4v) is 4.99. The maximum atomic E-state index is 15.0. The van der Waals surface area contributed by atoms with Gasteiger partial charge in [0.05, 0.1) is 16.9 Å². The fourth-order valence-electron chi connectivity index (χ4n) is 3.11. The number of para-hydroxylation sites is 1. The molecule has 0 aliphatic heterocycles. The summed E-state index contributed by atoms with van der Waals surface area (Å²) < 4.78 is 83.8. The molecule has 2 aromatic carbocycles. The normalized spacial score (nSPS) is 13.7. The molecule has 0 saturated carbocycles. The molecule has 0 amide bonds. The molecule has 2 aromatic rings. The molecule has 0 saturated heterocycles. The van der Waals surface area contributed by atoms with Crippen molar-refractivity contribution in [3.8, 4) is 0 Å². The van der Waals surface area contributed by atoms with Gasteiger partial charge in [0.2, 0.25) is 10.0 Å². The van der Waals surface area contributed by atoms with Crippen molar-refractivity contribution in [3.05, 3.63) is 68.4 Å². The molecule has 0 fully saturated rings. The lowest BCUT2D eigenvalue weighted by Gasteiger charge is -2.37. The van der Waals surface area contributed by atoms with Gasteiger partial charge in [0.1, 0.15) is 17.0 Å². The standard InChI is InChI=1S/C23H26BrF3N2O7S.CH2Cl2/c1-21(2,3)36-20(30)22(4,5)35-13-23(19(26)27,15-12-14(24)10-11-16(15)25)28-37(33,34)18-9-7-6-8-17(18)29(31)32;2-1-3/h6-12,19,28H,13H2,1-5H3;1H2. The molecule has 224 valence electrons. The van der Waals surface area contributed by atoms with Gasteiger partial charge >= 0.3 is 5.97 Å². The van der Waals surface area contributed by atoms with E-state index >= 15 is 0 Å². The number of ether oxygens (including phenoxy) is 2. The first-order chi connectivity index (χ1) is 18.2. The number of carbonyl (C=O) groups is 1. The van der Waals surface area contributed by atoms with E-state index in [1.807, 2.05) is 0 Å². The molecule has 2 rings (SSSR count). The number of nitro benzene ring substituents is 1. The molecule has 9 nitrogen and oxygen atoms in total. The van der Waals surface area contributed by atoms with Gasteiger partial charge in [-0.25, -0.2) is 26.4 Å². The first-order valence-electron chi connectivity index (χ1n) is 11.2. The number of carbonyl (C=O) groups excluding carboxylic acids is 1. The van der Waals surface area contributed by atoms with E-state index in [0.29, 0.717) is 0 Å². The number of esters is 1. The number of hydrogen-bond donors (Lipinski definition) is 1. The summed E-state index contributed by atoms with van der Waals surface area (Å²) in [5, 5.41) is 11.6. The number of nitro groups is 1. The monoisotopic (exact) mass is 694 g/mol. The minimum Gasteiger partial charge on any atom is -0.458 e. The third-order valence-corrected chi connectivity index (χ3v) is 7.05. The molecule has 16 heteroatoms. The Hall–Kier alpha value is -1.97. The highest BCUT2D eigenvalue weighted by molar-refractivity contribution is 9.10. The minimum atomic E-state index is -5.08. The maximum Gasteiger partial charge on any atom is 0.338 e. The first kappa shape index (κ1) is 36.1. The number of halogens is 6. The van der Waals surface area contributed by atoms with Crippen molar-refractivity contribution in [1.29, 1.82) is 0 Å². The Morgan fingerprint density at radius 3 is 2.17 bits per heavy atom. The van der Waals surface area contributed by atoms with Gasteiger partial charge in [-0.05, 0) is 58.9 Å². The van der Waals surface area contributed by atoms with Crippen LogP contribution in [-0.4, -0.2) is 48.9 Å². The number of rotatable bonds is 10. The lowest BCUT2D eigenvalue weighted by molar-refractivity contribution is -0.387. The molecule has 0 heterocycles. The van der Waals surface area contributed by atoms with Crippen LogP contribution in [-0.2, 0) is 29.8 Å². The second-order valence-electron chi connectivity index (χ2n) is 9.63. The summed E-state index contributed by atoms with van der Waals surface area (Å²) in [4.78, 5) is 22.1. The summed E-state index contributed by atoms with van der Waals surface area (Å²) in [6, 6.07) is 7.03. The van der Waals surface area contributed by atoms with Crippen LogP contribution in [0.3, 0.4) is 0 Å². The summed E-state index contributed by atoms with van der Waals surface area (Å²) in [5.74, 6) is -2.16. The number of nitrogens with one attached hydrogen (secondary N) is 1. The number of benzene rings is 2. The molecular formula is C24H28BrCl2F3N2O7S. The van der Waals surface area contributed by atoms with Crippen LogP contribution in [0.15, 0.2) is 51.8 Å². The summed E-state index contributed by atoms with van der Waals surface area (Å²) in [6.07, 6.45) is -3.65. The maximum absolute atomic E-state index is 15.0. The number of alkyl halides is 4. The van der Waals surface area contributed by atoms with E-state index in [1.54, 1.807) is 25.5 Å². The van der Waals surface area contributed by atoms with Crippen LogP contribution >= 0.6 is 39.1 Å². The third-order valence-electron chi connectivity index (χ3n) is 5.00. The van der Waals surface area contributed by atoms with E-state index in [0.717, 1.165) is 30.3 Å². The Labute approximate surface area is 248 Å². The van der Waals surface area contributed by atoms with E-state index in [1.165, 1.54) is 26.0 Å². The SMILES string of the molecule is CC(C)(C)OC(=O)C(C)(C)OCC(NS(=O)(=O)c1ccccc1[N+](=O)[O-])(c1cc(Br)ccc1F)C(F)F.ClCCl. The number of hydrogen-bond acceptors (Lipinski definition) is 7. The summed E-state index contributed by atoms with van der Waals surface area (Å²) in [7, 11) is -5.08. The van der Waals surface area contributed by atoms with Crippen molar-refractivity contribution in [3.63, 3.8) is 0 Å². The van der Waals surface area contributed by atoms with Crippen molar-refractivity contribution in [2.75, 3.05) is 11.9 Å². The molecule has 0 radical (unpaired) electrons. The molecule has 1 N–H and O–H groups in total. The van der Waals surface area contributed by atoms with Gasteiger partial charge in [0, 0.05) is 16.1 Å². The Balaban J connectivity index is 0.00000254. The van der Waals surface area contributed by atoms with E-state index < -0.39 is 72.7 Å². The van der Waals surface area contributed by atoms with Crippen LogP contribution < -0.4 is 4.72 Å². The van der Waals surface area contributed by atoms with Crippen LogP contribution in [0.25, 0.3) is 0 Å². The van der Waals surface area contributed by atoms with Crippen molar-refractivity contribution < 1.29 is 40.8 Å². The van der Waals surface area contributed by atoms with E-state index in [2.05, 4.69) is 15.9 Å². The zero-order valence-corrected chi connectivity index (χ0v) is 25.9. The molecule has 40 heavy (non-hydrogen) atoms. The van der Waals surface area contributed by atoms with Gasteiger partial charge in [-0.3, -0.25) is 10.1 Å². The summed E-state index contributed by atoms with van der Waals surface area (Å²) in [5.41, 5.74) is -7.65. The fraction of sp³-hybridized carbons (Fsp3) is 0.458. The van der Waals surface area contributed by atoms with E-state index in [9.17, 15) is 36.5 Å². The quantitative estimate of drug-likeness (QED) is 0.130. The largest absolute Gasteiger partial charge is 0.458 e. The Bertz CT molecular complexity index is 1310. The molecule has 0 bridgehead atoms. The van der Waals surface area contributed by atoms with Crippen LogP contribution in [0.1, 0.15) is 40.2 Å². The molecule has 1 unspecified atom stereocenters. The Morgan fingerprint density at radius 1 is 1.12 bits per heavy atom. The number of nitrogens with zero attached hydrogens (tertiary/aromatic N) is 1. The van der Waals surface area contributed by atoms with Crippen molar-refractivity contribution in [2.45, 2.75) is 62.7 Å². The van der Waals surface area contributed by atoms with Crippen molar-refractivity contribution >= 4 is 60.8 Å². The molecule has 1 atom stereocenters. The highest BCUT2D eigenvalue weighted by Gasteiger charge is 2.50. The summed E-state index contributed by atoms with van der Waals surface area (Å²) >= 11 is 12.6. The predicted molar refractivity (Wildman–Crippen MR) is 148 cm³/mol. The molecule has 0 aliphatic rings. The van der Waals surface area contributed by atoms with Crippen LogP contribution in [0.4, 0.5) is 18.9 Å². The van der Waals surface area contributed by atoms with Crippen LogP contribution in [0.5, 0.6) is 0 Å². The van der Waals surface area contributed by atoms with Gasteiger partial charge < -0.3 is 9.47 Å². The second-order valence-corrected chi connectivity index (χ2v) is 13.0. The average Bonchev–Trinajstić information content (AvgIpc) is 2.82. The summed E-state index contributed by atoms with van der Waals surface area (Å²) in [6.45, 7) is 5.90. The lowest BCUT2D eigenvalue weighted by atomic mass is 9.91. The van der Waals surface area contributed by atoms with E-state index in [-0.39, 0.29) is 9.81 Å². The predicted octanol–water partition coefficient (Wildman–Crippen LogP) is 6.49. The Morgan fingerprint density at radius 2 is 1.68 bits per heavy atom. The number of sulfonamides is 1. The van der Waals surface area contributed by atoms with Gasteiger partial charge in [0.25, 0.3) is 12.1 Å². The van der Waals surface area contributed by atoms with Crippen LogP contribution in [0, 0.1) is 15.9 Å². The zero-order valence-electron chi connectivity index (χ0n) is 22.0. The van der Waals surface area contributed by atoms with Crippen molar-refractivity contribution in [2.24, 2.45) is 0 Å². The van der Waals surface area contributed by atoms with Crippen molar-refractivity contribution in [1.82, 2.24) is 4.72 Å². The average molecular weight is 696 g/mol. The third kappa shape index (κ3) is 9.55. The highest BCUT2D eigenvalue weighted by Crippen LogP contribution is 2.37. The van der Waals surface area contributed by atoms with Gasteiger partial charge in [-0.2, -0.15) is 4.72 Å². The van der Waals surface area contributed by atoms with Gasteiger partial charge in [-0.1, -0.05) is 28.1 Å². The van der Waals surface area contributed by atoms with Gasteiger partial charge in [-0.15, -0.1) is 23.2 Å². The topological polar surface area (TPSA) is 125 Å². The molecular weight excluding hydrogens is 668 g/mol. The zero-order chi connectivity index (χ0) is 31.1. The van der Waals surface area contributed by atoms with Crippen LogP contribution in [0.2, 0.25) is 0 Å². The smallest absolute Gasteiger partial charge is 0.338 e. The lowest BCUT2D eigenvalue weighted by Crippen LogP contribution is -2.56. The minimum absolute atomic E-state index is 0.130.